The van der Waals surface area contributed by atoms with Gasteiger partial charge in [0.25, 0.3) is 5.91 Å². The van der Waals surface area contributed by atoms with Gasteiger partial charge in [0, 0.05) is 10.0 Å². The number of hydrogen-bond donors (Lipinski definition) is 3. The van der Waals surface area contributed by atoms with E-state index in [1.165, 1.54) is 12.1 Å². The molecule has 0 aliphatic heterocycles. The second-order valence-corrected chi connectivity index (χ2v) is 4.91. The van der Waals surface area contributed by atoms with E-state index in [1.807, 2.05) is 6.92 Å². The van der Waals surface area contributed by atoms with Gasteiger partial charge in [0.05, 0.1) is 6.04 Å². The Morgan fingerprint density at radius 1 is 1.58 bits per heavy atom. The van der Waals surface area contributed by atoms with Crippen molar-refractivity contribution in [3.8, 4) is 0 Å². The second kappa shape index (κ2) is 7.08. The van der Waals surface area contributed by atoms with Gasteiger partial charge in [-0.1, -0.05) is 34.4 Å². The molecule has 104 valence electrons. The summed E-state index contributed by atoms with van der Waals surface area (Å²) in [6.07, 6.45) is 1.27. The number of nitrogens with two attached hydrogens (primary N) is 1. The summed E-state index contributed by atoms with van der Waals surface area (Å²) in [5.74, 6) is -1.08. The van der Waals surface area contributed by atoms with E-state index in [1.54, 1.807) is 0 Å². The van der Waals surface area contributed by atoms with Crippen LogP contribution >= 0.6 is 15.9 Å². The van der Waals surface area contributed by atoms with Crippen LogP contribution in [0.3, 0.4) is 0 Å². The van der Waals surface area contributed by atoms with Gasteiger partial charge in [-0.25, -0.2) is 4.39 Å². The predicted octanol–water partition coefficient (Wildman–Crippen LogP) is 2.23. The molecule has 1 aromatic rings. The Morgan fingerprint density at radius 2 is 2.26 bits per heavy atom. The molecular weight excluding hydrogens is 317 g/mol. The van der Waals surface area contributed by atoms with Crippen molar-refractivity contribution in [3.05, 3.63) is 34.1 Å². The normalized spacial score (nSPS) is 13.1. The lowest BCUT2D eigenvalue weighted by atomic mass is 10.1. The van der Waals surface area contributed by atoms with Crippen molar-refractivity contribution < 1.29 is 14.4 Å². The number of amides is 1. The molecule has 4 N–H and O–H groups in total. The predicted molar refractivity (Wildman–Crippen MR) is 73.7 cm³/mol. The standard InChI is InChI=1S/C12H15BrFN3O2/c1-2-3-10(11(15)17-19)16-12(18)7-4-8(13)6-9(14)5-7/h4-6,10,19H,2-3H2,1H3,(H2,15,17)(H,16,18). The van der Waals surface area contributed by atoms with E-state index >= 15 is 0 Å². The van der Waals surface area contributed by atoms with Gasteiger partial charge in [0.1, 0.15) is 5.82 Å². The van der Waals surface area contributed by atoms with E-state index in [-0.39, 0.29) is 11.4 Å². The average molecular weight is 332 g/mol. The number of nitrogens with zero attached hydrogens (tertiary/aromatic N) is 1. The third-order valence-electron chi connectivity index (χ3n) is 2.48. The van der Waals surface area contributed by atoms with Crippen molar-refractivity contribution in [2.75, 3.05) is 0 Å². The number of carbonyl (C=O) groups is 1. The number of amidine groups is 1. The first kappa shape index (κ1) is 15.4. The van der Waals surface area contributed by atoms with Crippen molar-refractivity contribution >= 4 is 27.7 Å². The fourth-order valence-electron chi connectivity index (χ4n) is 1.58. The van der Waals surface area contributed by atoms with Crippen molar-refractivity contribution in [2.45, 2.75) is 25.8 Å². The molecule has 1 unspecified atom stereocenters. The van der Waals surface area contributed by atoms with Crippen LogP contribution in [0.1, 0.15) is 30.1 Å². The maximum absolute atomic E-state index is 13.2. The van der Waals surface area contributed by atoms with Crippen LogP contribution in [0.15, 0.2) is 27.8 Å². The fourth-order valence-corrected chi connectivity index (χ4v) is 2.04. The molecule has 1 amide bonds. The molecule has 0 bridgehead atoms. The number of oxime groups is 1. The zero-order valence-electron chi connectivity index (χ0n) is 10.4. The van der Waals surface area contributed by atoms with Crippen LogP contribution in [0.5, 0.6) is 0 Å². The van der Waals surface area contributed by atoms with Gasteiger partial charge < -0.3 is 16.3 Å². The number of carbonyl (C=O) groups excluding carboxylic acids is 1. The zero-order valence-corrected chi connectivity index (χ0v) is 11.9. The topological polar surface area (TPSA) is 87.7 Å². The molecule has 19 heavy (non-hydrogen) atoms. The van der Waals surface area contributed by atoms with Crippen LogP contribution in [0.25, 0.3) is 0 Å². The molecule has 5 nitrogen and oxygen atoms in total. The Bertz CT molecular complexity index is 474. The first-order valence-electron chi connectivity index (χ1n) is 5.72. The quantitative estimate of drug-likeness (QED) is 0.334. The van der Waals surface area contributed by atoms with Gasteiger partial charge in [-0.3, -0.25) is 4.79 Å². The minimum Gasteiger partial charge on any atom is -0.409 e. The van der Waals surface area contributed by atoms with Crippen molar-refractivity contribution in [1.29, 1.82) is 0 Å². The molecule has 1 aromatic carbocycles. The van der Waals surface area contributed by atoms with Gasteiger partial charge >= 0.3 is 0 Å². The lowest BCUT2D eigenvalue weighted by molar-refractivity contribution is 0.0944. The largest absolute Gasteiger partial charge is 0.409 e. The lowest BCUT2D eigenvalue weighted by Gasteiger charge is -2.16. The molecule has 0 heterocycles. The molecule has 0 spiro atoms. The number of benzene rings is 1. The summed E-state index contributed by atoms with van der Waals surface area (Å²) in [5, 5.41) is 14.1. The van der Waals surface area contributed by atoms with Gasteiger partial charge in [0.2, 0.25) is 0 Å². The molecule has 1 atom stereocenters. The third kappa shape index (κ3) is 4.51. The highest BCUT2D eigenvalue weighted by Gasteiger charge is 2.17. The second-order valence-electron chi connectivity index (χ2n) is 4.00. The first-order chi connectivity index (χ1) is 8.97. The third-order valence-corrected chi connectivity index (χ3v) is 2.94. The first-order valence-corrected chi connectivity index (χ1v) is 6.51. The molecular formula is C12H15BrFN3O2. The van der Waals surface area contributed by atoms with Gasteiger partial charge in [0.15, 0.2) is 5.84 Å². The summed E-state index contributed by atoms with van der Waals surface area (Å²) < 4.78 is 13.7. The van der Waals surface area contributed by atoms with Gasteiger partial charge in [-0.2, -0.15) is 0 Å². The molecule has 0 aliphatic carbocycles. The highest BCUT2D eigenvalue weighted by atomic mass is 79.9. The average Bonchev–Trinajstić information content (AvgIpc) is 2.36. The van der Waals surface area contributed by atoms with Gasteiger partial charge in [-0.15, -0.1) is 0 Å². The highest BCUT2D eigenvalue weighted by molar-refractivity contribution is 9.10. The molecule has 0 radical (unpaired) electrons. The van der Waals surface area contributed by atoms with Crippen molar-refractivity contribution in [3.63, 3.8) is 0 Å². The minimum atomic E-state index is -0.579. The number of hydrogen-bond acceptors (Lipinski definition) is 3. The summed E-state index contributed by atoms with van der Waals surface area (Å²) in [6.45, 7) is 1.91. The van der Waals surface area contributed by atoms with Crippen LogP contribution in [-0.2, 0) is 0 Å². The monoisotopic (exact) mass is 331 g/mol. The van der Waals surface area contributed by atoms with Crippen molar-refractivity contribution in [1.82, 2.24) is 5.32 Å². The minimum absolute atomic E-state index is 0.0781. The Balaban J connectivity index is 2.87. The Labute approximate surface area is 118 Å². The van der Waals surface area contributed by atoms with E-state index in [0.717, 1.165) is 12.5 Å². The number of nitrogens with one attached hydrogen (secondary N) is 1. The highest BCUT2D eigenvalue weighted by Crippen LogP contribution is 2.15. The summed E-state index contributed by atoms with van der Waals surface area (Å²) in [6, 6.07) is 3.29. The summed E-state index contributed by atoms with van der Waals surface area (Å²) >= 11 is 3.11. The Kier molecular flexibility index (Phi) is 5.75. The summed E-state index contributed by atoms with van der Waals surface area (Å²) in [4.78, 5) is 12.0. The molecule has 1 rings (SSSR count). The smallest absolute Gasteiger partial charge is 0.252 e. The van der Waals surface area contributed by atoms with E-state index in [9.17, 15) is 9.18 Å². The molecule has 0 saturated carbocycles. The maximum Gasteiger partial charge on any atom is 0.252 e. The zero-order chi connectivity index (χ0) is 14.4. The van der Waals surface area contributed by atoms with E-state index in [4.69, 9.17) is 10.9 Å². The molecule has 0 aliphatic rings. The van der Waals surface area contributed by atoms with Crippen molar-refractivity contribution in [2.24, 2.45) is 10.9 Å². The van der Waals surface area contributed by atoms with Crippen LogP contribution in [-0.4, -0.2) is 23.0 Å². The SMILES string of the molecule is CCCC(NC(=O)c1cc(F)cc(Br)c1)/C(N)=N/O. The molecule has 0 aromatic heterocycles. The summed E-state index contributed by atoms with van der Waals surface area (Å²) in [7, 11) is 0. The number of rotatable bonds is 5. The Morgan fingerprint density at radius 3 is 2.79 bits per heavy atom. The van der Waals surface area contributed by atoms with Gasteiger partial charge in [-0.05, 0) is 24.6 Å². The Hall–Kier alpha value is -1.63. The van der Waals surface area contributed by atoms with E-state index < -0.39 is 17.8 Å². The maximum atomic E-state index is 13.2. The van der Waals surface area contributed by atoms with Crippen LogP contribution in [0, 0.1) is 5.82 Å². The number of halogens is 2. The summed E-state index contributed by atoms with van der Waals surface area (Å²) in [5.41, 5.74) is 5.66. The molecule has 0 saturated heterocycles. The van der Waals surface area contributed by atoms with E-state index in [0.29, 0.717) is 10.9 Å². The van der Waals surface area contributed by atoms with Crippen LogP contribution in [0.2, 0.25) is 0 Å². The molecule has 7 heteroatoms. The lowest BCUT2D eigenvalue weighted by Crippen LogP contribution is -2.44. The van der Waals surface area contributed by atoms with Crippen LogP contribution in [0.4, 0.5) is 4.39 Å². The molecule has 0 fully saturated rings. The fraction of sp³-hybridized carbons (Fsp3) is 0.333. The van der Waals surface area contributed by atoms with Crippen LogP contribution < -0.4 is 11.1 Å². The van der Waals surface area contributed by atoms with E-state index in [2.05, 4.69) is 26.4 Å².